The van der Waals surface area contributed by atoms with Crippen LogP contribution >= 0.6 is 0 Å². The van der Waals surface area contributed by atoms with Crippen LogP contribution in [0.3, 0.4) is 0 Å². The van der Waals surface area contributed by atoms with Gasteiger partial charge < -0.3 is 15.2 Å². The monoisotopic (exact) mass is 335 g/mol. The molecule has 1 aliphatic heterocycles. The lowest BCUT2D eigenvalue weighted by atomic mass is 10.2. The summed E-state index contributed by atoms with van der Waals surface area (Å²) in [7, 11) is 2.03. The van der Waals surface area contributed by atoms with Gasteiger partial charge in [0.2, 0.25) is 0 Å². The third-order valence-electron chi connectivity index (χ3n) is 5.13. The third-order valence-corrected chi connectivity index (χ3v) is 5.13. The molecule has 1 aliphatic rings. The molecule has 4 rings (SSSR count). The topological polar surface area (TPSA) is 50.3 Å². The Bertz CT molecular complexity index is 847. The minimum atomic E-state index is 0.471. The third kappa shape index (κ3) is 3.25. The number of hydrogen-bond donors (Lipinski definition) is 1. The number of aryl methyl sites for hydroxylation is 1. The van der Waals surface area contributed by atoms with Gasteiger partial charge in [-0.05, 0) is 23.8 Å². The van der Waals surface area contributed by atoms with Crippen molar-refractivity contribution in [3.8, 4) is 0 Å². The van der Waals surface area contributed by atoms with Crippen molar-refractivity contribution in [1.29, 1.82) is 0 Å². The summed E-state index contributed by atoms with van der Waals surface area (Å²) in [4.78, 5) is 9.64. The van der Waals surface area contributed by atoms with E-state index in [9.17, 15) is 0 Å². The number of piperazine rings is 1. The van der Waals surface area contributed by atoms with Crippen molar-refractivity contribution in [3.05, 3.63) is 59.9 Å². The van der Waals surface area contributed by atoms with Gasteiger partial charge in [0.1, 0.15) is 5.82 Å². The average Bonchev–Trinajstić information content (AvgIpc) is 2.98. The first-order valence-electron chi connectivity index (χ1n) is 8.91. The SMILES string of the molecule is Cn1c(CN)nc2cc(N3CCN(Cc4ccccc4)CC3)ccc21. The van der Waals surface area contributed by atoms with Crippen LogP contribution in [0.25, 0.3) is 11.0 Å². The smallest absolute Gasteiger partial charge is 0.123 e. The second-order valence-corrected chi connectivity index (χ2v) is 6.71. The highest BCUT2D eigenvalue weighted by molar-refractivity contribution is 5.80. The van der Waals surface area contributed by atoms with Gasteiger partial charge in [-0.3, -0.25) is 4.90 Å². The van der Waals surface area contributed by atoms with E-state index in [4.69, 9.17) is 5.73 Å². The van der Waals surface area contributed by atoms with E-state index in [1.54, 1.807) is 0 Å². The lowest BCUT2D eigenvalue weighted by molar-refractivity contribution is 0.250. The highest BCUT2D eigenvalue weighted by atomic mass is 15.3. The van der Waals surface area contributed by atoms with Crippen LogP contribution in [0.2, 0.25) is 0 Å². The van der Waals surface area contributed by atoms with E-state index in [0.29, 0.717) is 6.54 Å². The minimum Gasteiger partial charge on any atom is -0.369 e. The Morgan fingerprint density at radius 1 is 1.00 bits per heavy atom. The molecule has 3 aromatic rings. The molecule has 0 unspecified atom stereocenters. The Balaban J connectivity index is 1.44. The van der Waals surface area contributed by atoms with Crippen molar-refractivity contribution < 1.29 is 0 Å². The molecule has 1 fully saturated rings. The second kappa shape index (κ2) is 6.86. The number of anilines is 1. The summed E-state index contributed by atoms with van der Waals surface area (Å²) in [5, 5.41) is 0. The van der Waals surface area contributed by atoms with Crippen LogP contribution in [0.5, 0.6) is 0 Å². The van der Waals surface area contributed by atoms with Crippen molar-refractivity contribution in [2.45, 2.75) is 13.1 Å². The number of nitrogens with two attached hydrogens (primary N) is 1. The molecule has 5 heteroatoms. The molecule has 2 heterocycles. The van der Waals surface area contributed by atoms with Gasteiger partial charge in [0.25, 0.3) is 0 Å². The van der Waals surface area contributed by atoms with Gasteiger partial charge in [-0.2, -0.15) is 0 Å². The molecule has 2 N–H and O–H groups in total. The minimum absolute atomic E-state index is 0.471. The number of fused-ring (bicyclic) bond motifs is 1. The predicted octanol–water partition coefficient (Wildman–Crippen LogP) is 2.35. The molecule has 2 aromatic carbocycles. The molecular formula is C20H25N5. The number of imidazole rings is 1. The van der Waals surface area contributed by atoms with Gasteiger partial charge in [-0.15, -0.1) is 0 Å². The van der Waals surface area contributed by atoms with E-state index in [2.05, 4.69) is 67.9 Å². The lowest BCUT2D eigenvalue weighted by Crippen LogP contribution is -2.45. The molecule has 5 nitrogen and oxygen atoms in total. The molecule has 0 radical (unpaired) electrons. The largest absolute Gasteiger partial charge is 0.369 e. The maximum atomic E-state index is 5.77. The van der Waals surface area contributed by atoms with Crippen LogP contribution in [-0.2, 0) is 20.1 Å². The van der Waals surface area contributed by atoms with Gasteiger partial charge in [0.15, 0.2) is 0 Å². The number of nitrogens with zero attached hydrogens (tertiary/aromatic N) is 4. The summed E-state index contributed by atoms with van der Waals surface area (Å²) in [5.74, 6) is 0.930. The zero-order chi connectivity index (χ0) is 17.2. The van der Waals surface area contributed by atoms with E-state index < -0.39 is 0 Å². The first-order chi connectivity index (χ1) is 12.2. The van der Waals surface area contributed by atoms with E-state index in [1.807, 2.05) is 7.05 Å². The van der Waals surface area contributed by atoms with Gasteiger partial charge >= 0.3 is 0 Å². The Morgan fingerprint density at radius 2 is 1.76 bits per heavy atom. The molecule has 130 valence electrons. The summed E-state index contributed by atoms with van der Waals surface area (Å²) >= 11 is 0. The normalized spacial score (nSPS) is 15.8. The molecule has 25 heavy (non-hydrogen) atoms. The summed E-state index contributed by atoms with van der Waals surface area (Å²) in [5.41, 5.74) is 10.6. The molecular weight excluding hydrogens is 310 g/mol. The molecule has 1 aromatic heterocycles. The van der Waals surface area contributed by atoms with Crippen molar-refractivity contribution in [1.82, 2.24) is 14.5 Å². The van der Waals surface area contributed by atoms with E-state index in [0.717, 1.165) is 49.6 Å². The Morgan fingerprint density at radius 3 is 2.48 bits per heavy atom. The predicted molar refractivity (Wildman–Crippen MR) is 103 cm³/mol. The molecule has 0 aliphatic carbocycles. The molecule has 0 atom stereocenters. The van der Waals surface area contributed by atoms with E-state index in [-0.39, 0.29) is 0 Å². The summed E-state index contributed by atoms with van der Waals surface area (Å²) in [6.45, 7) is 5.78. The zero-order valence-electron chi connectivity index (χ0n) is 14.7. The Kier molecular flexibility index (Phi) is 4.42. The molecule has 1 saturated heterocycles. The van der Waals surface area contributed by atoms with Crippen molar-refractivity contribution in [3.63, 3.8) is 0 Å². The van der Waals surface area contributed by atoms with Gasteiger partial charge in [0, 0.05) is 45.5 Å². The van der Waals surface area contributed by atoms with Gasteiger partial charge in [-0.1, -0.05) is 30.3 Å². The van der Waals surface area contributed by atoms with Gasteiger partial charge in [0.05, 0.1) is 17.6 Å². The number of hydrogen-bond acceptors (Lipinski definition) is 4. The van der Waals surface area contributed by atoms with Crippen molar-refractivity contribution in [2.75, 3.05) is 31.1 Å². The van der Waals surface area contributed by atoms with Crippen LogP contribution in [-0.4, -0.2) is 40.6 Å². The maximum Gasteiger partial charge on any atom is 0.123 e. The van der Waals surface area contributed by atoms with Crippen LogP contribution in [0.1, 0.15) is 11.4 Å². The summed E-state index contributed by atoms with van der Waals surface area (Å²) in [6, 6.07) is 17.3. The number of benzene rings is 2. The standard InChI is InChI=1S/C20H25N5/c1-23-19-8-7-17(13-18(19)22-20(23)14-21)25-11-9-24(10-12-25)15-16-5-3-2-4-6-16/h2-8,13H,9-12,14-15,21H2,1H3. The highest BCUT2D eigenvalue weighted by Gasteiger charge is 2.18. The summed E-state index contributed by atoms with van der Waals surface area (Å²) < 4.78 is 2.08. The quantitative estimate of drug-likeness (QED) is 0.795. The van der Waals surface area contributed by atoms with Crippen LogP contribution in [0, 0.1) is 0 Å². The summed E-state index contributed by atoms with van der Waals surface area (Å²) in [6.07, 6.45) is 0. The fourth-order valence-corrected chi connectivity index (χ4v) is 3.62. The van der Waals surface area contributed by atoms with Crippen LogP contribution in [0.15, 0.2) is 48.5 Å². The zero-order valence-corrected chi connectivity index (χ0v) is 14.7. The first kappa shape index (κ1) is 16.1. The van der Waals surface area contributed by atoms with Crippen LogP contribution in [0.4, 0.5) is 5.69 Å². The molecule has 0 saturated carbocycles. The fourth-order valence-electron chi connectivity index (χ4n) is 3.62. The number of aromatic nitrogens is 2. The average molecular weight is 335 g/mol. The molecule has 0 bridgehead atoms. The van der Waals surface area contributed by atoms with Crippen LogP contribution < -0.4 is 10.6 Å². The van der Waals surface area contributed by atoms with Crippen molar-refractivity contribution in [2.24, 2.45) is 12.8 Å². The Labute approximate surface area is 148 Å². The Hall–Kier alpha value is -2.37. The maximum absolute atomic E-state index is 5.77. The second-order valence-electron chi connectivity index (χ2n) is 6.71. The first-order valence-corrected chi connectivity index (χ1v) is 8.91. The van der Waals surface area contributed by atoms with E-state index >= 15 is 0 Å². The highest BCUT2D eigenvalue weighted by Crippen LogP contribution is 2.23. The lowest BCUT2D eigenvalue weighted by Gasteiger charge is -2.36. The molecule has 0 amide bonds. The van der Waals surface area contributed by atoms with Gasteiger partial charge in [-0.25, -0.2) is 4.98 Å². The fraction of sp³-hybridized carbons (Fsp3) is 0.350. The molecule has 0 spiro atoms. The van der Waals surface area contributed by atoms with Crippen molar-refractivity contribution >= 4 is 16.7 Å². The number of rotatable bonds is 4. The van der Waals surface area contributed by atoms with E-state index in [1.165, 1.54) is 11.3 Å².